The van der Waals surface area contributed by atoms with Crippen LogP contribution in [0, 0.1) is 5.92 Å². The maximum atomic E-state index is 6.42. The zero-order chi connectivity index (χ0) is 9.60. The topological polar surface area (TPSA) is 29.3 Å². The molecule has 0 bridgehead atoms. The molecule has 2 saturated carbocycles. The van der Waals surface area contributed by atoms with Gasteiger partial charge in [0.1, 0.15) is 0 Å². The van der Waals surface area contributed by atoms with E-state index in [1.807, 2.05) is 0 Å². The van der Waals surface area contributed by atoms with Crippen molar-refractivity contribution in [1.29, 1.82) is 0 Å². The third-order valence-electron chi connectivity index (χ3n) is 4.27. The number of nitrogens with two attached hydrogens (primary N) is 1. The standard InChI is InChI=1S/C12H22N2/c13-12(6-7-12)11(10-4-5-10)14-8-2-1-3-9-14/h10-11H,1-9,13H2. The van der Waals surface area contributed by atoms with Crippen LogP contribution in [0.5, 0.6) is 0 Å². The van der Waals surface area contributed by atoms with Gasteiger partial charge in [-0.05, 0) is 57.5 Å². The fourth-order valence-electron chi connectivity index (χ4n) is 3.18. The molecule has 1 atom stereocenters. The van der Waals surface area contributed by atoms with Crippen LogP contribution >= 0.6 is 0 Å². The normalized spacial score (nSPS) is 34.1. The van der Waals surface area contributed by atoms with Crippen LogP contribution in [-0.4, -0.2) is 29.6 Å². The fraction of sp³-hybridized carbons (Fsp3) is 1.00. The average molecular weight is 194 g/mol. The van der Waals surface area contributed by atoms with Gasteiger partial charge in [-0.1, -0.05) is 6.42 Å². The lowest BCUT2D eigenvalue weighted by Crippen LogP contribution is -2.52. The van der Waals surface area contributed by atoms with E-state index in [0.717, 1.165) is 12.0 Å². The van der Waals surface area contributed by atoms with Crippen molar-refractivity contribution in [2.24, 2.45) is 11.7 Å². The molecule has 3 fully saturated rings. The number of nitrogens with zero attached hydrogens (tertiary/aromatic N) is 1. The van der Waals surface area contributed by atoms with Crippen molar-refractivity contribution in [3.8, 4) is 0 Å². The molecule has 2 aliphatic carbocycles. The molecule has 0 amide bonds. The zero-order valence-electron chi connectivity index (χ0n) is 9.04. The minimum Gasteiger partial charge on any atom is -0.324 e. The molecule has 0 aromatic rings. The Kier molecular flexibility index (Phi) is 2.10. The first-order valence-electron chi connectivity index (χ1n) is 6.32. The Labute approximate surface area is 86.8 Å². The summed E-state index contributed by atoms with van der Waals surface area (Å²) in [6.45, 7) is 2.64. The second-order valence-electron chi connectivity index (χ2n) is 5.61. The van der Waals surface area contributed by atoms with Crippen LogP contribution < -0.4 is 5.73 Å². The summed E-state index contributed by atoms with van der Waals surface area (Å²) in [5, 5.41) is 0. The van der Waals surface area contributed by atoms with Crippen molar-refractivity contribution in [3.05, 3.63) is 0 Å². The monoisotopic (exact) mass is 194 g/mol. The summed E-state index contributed by atoms with van der Waals surface area (Å²) in [7, 11) is 0. The van der Waals surface area contributed by atoms with E-state index in [-0.39, 0.29) is 5.54 Å². The van der Waals surface area contributed by atoms with Gasteiger partial charge >= 0.3 is 0 Å². The highest BCUT2D eigenvalue weighted by molar-refractivity contribution is 5.13. The summed E-state index contributed by atoms with van der Waals surface area (Å²) in [5.41, 5.74) is 6.66. The van der Waals surface area contributed by atoms with E-state index in [4.69, 9.17) is 5.73 Å². The number of rotatable bonds is 3. The van der Waals surface area contributed by atoms with Gasteiger partial charge in [0.25, 0.3) is 0 Å². The van der Waals surface area contributed by atoms with Crippen molar-refractivity contribution in [2.75, 3.05) is 13.1 Å². The highest BCUT2D eigenvalue weighted by Gasteiger charge is 2.53. The molecule has 1 heterocycles. The van der Waals surface area contributed by atoms with Gasteiger partial charge in [-0.25, -0.2) is 0 Å². The van der Waals surface area contributed by atoms with E-state index >= 15 is 0 Å². The summed E-state index contributed by atoms with van der Waals surface area (Å²) in [6.07, 6.45) is 9.69. The van der Waals surface area contributed by atoms with Crippen LogP contribution in [0.15, 0.2) is 0 Å². The smallest absolute Gasteiger partial charge is 0.0316 e. The highest BCUT2D eigenvalue weighted by atomic mass is 15.2. The van der Waals surface area contributed by atoms with Crippen LogP contribution in [0.4, 0.5) is 0 Å². The van der Waals surface area contributed by atoms with E-state index in [1.54, 1.807) is 0 Å². The van der Waals surface area contributed by atoms with E-state index in [0.29, 0.717) is 0 Å². The molecule has 2 nitrogen and oxygen atoms in total. The second-order valence-corrected chi connectivity index (χ2v) is 5.61. The summed E-state index contributed by atoms with van der Waals surface area (Å²) in [5.74, 6) is 0.959. The molecule has 3 rings (SSSR count). The molecule has 1 aliphatic heterocycles. The molecule has 3 aliphatic rings. The molecule has 0 aromatic carbocycles. The molecule has 0 aromatic heterocycles. The van der Waals surface area contributed by atoms with E-state index in [1.165, 1.54) is 58.0 Å². The van der Waals surface area contributed by atoms with Gasteiger partial charge < -0.3 is 5.73 Å². The molecular formula is C12H22N2. The largest absolute Gasteiger partial charge is 0.324 e. The van der Waals surface area contributed by atoms with Gasteiger partial charge in [0.15, 0.2) is 0 Å². The molecule has 1 unspecified atom stereocenters. The lowest BCUT2D eigenvalue weighted by Gasteiger charge is -2.38. The number of likely N-dealkylation sites (tertiary alicyclic amines) is 1. The van der Waals surface area contributed by atoms with Gasteiger partial charge in [-0.2, -0.15) is 0 Å². The van der Waals surface area contributed by atoms with E-state index in [2.05, 4.69) is 4.90 Å². The fourth-order valence-corrected chi connectivity index (χ4v) is 3.18. The van der Waals surface area contributed by atoms with Crippen LogP contribution in [0.25, 0.3) is 0 Å². The number of hydrogen-bond donors (Lipinski definition) is 1. The average Bonchev–Trinajstić information content (AvgIpc) is 3.08. The molecule has 0 spiro atoms. The minimum atomic E-state index is 0.235. The first kappa shape index (κ1) is 9.17. The summed E-state index contributed by atoms with van der Waals surface area (Å²) >= 11 is 0. The quantitative estimate of drug-likeness (QED) is 0.741. The molecule has 2 N–H and O–H groups in total. The number of hydrogen-bond acceptors (Lipinski definition) is 2. The van der Waals surface area contributed by atoms with Crippen LogP contribution in [0.1, 0.15) is 44.9 Å². The maximum Gasteiger partial charge on any atom is 0.0316 e. The van der Waals surface area contributed by atoms with Crippen molar-refractivity contribution in [3.63, 3.8) is 0 Å². The molecular weight excluding hydrogens is 172 g/mol. The Balaban J connectivity index is 1.70. The van der Waals surface area contributed by atoms with Crippen LogP contribution in [0.3, 0.4) is 0 Å². The zero-order valence-corrected chi connectivity index (χ0v) is 9.04. The van der Waals surface area contributed by atoms with E-state index < -0.39 is 0 Å². The Morgan fingerprint density at radius 1 is 1.07 bits per heavy atom. The Morgan fingerprint density at radius 2 is 1.71 bits per heavy atom. The lowest BCUT2D eigenvalue weighted by atomic mass is 9.97. The van der Waals surface area contributed by atoms with Crippen molar-refractivity contribution < 1.29 is 0 Å². The Bertz CT molecular complexity index is 212. The lowest BCUT2D eigenvalue weighted by molar-refractivity contribution is 0.118. The molecule has 2 heteroatoms. The molecule has 80 valence electrons. The Hall–Kier alpha value is -0.0800. The van der Waals surface area contributed by atoms with Gasteiger partial charge in [0.05, 0.1) is 0 Å². The van der Waals surface area contributed by atoms with Gasteiger partial charge in [0.2, 0.25) is 0 Å². The third-order valence-corrected chi connectivity index (χ3v) is 4.27. The Morgan fingerprint density at radius 3 is 2.21 bits per heavy atom. The van der Waals surface area contributed by atoms with Gasteiger partial charge in [-0.3, -0.25) is 4.90 Å². The highest BCUT2D eigenvalue weighted by Crippen LogP contribution is 2.49. The van der Waals surface area contributed by atoms with Crippen molar-refractivity contribution in [1.82, 2.24) is 4.90 Å². The second kappa shape index (κ2) is 3.21. The maximum absolute atomic E-state index is 6.42. The van der Waals surface area contributed by atoms with Crippen molar-refractivity contribution >= 4 is 0 Å². The summed E-state index contributed by atoms with van der Waals surface area (Å²) in [4.78, 5) is 2.72. The first-order chi connectivity index (χ1) is 6.80. The third kappa shape index (κ3) is 1.59. The SMILES string of the molecule is NC1(C(C2CC2)N2CCCCC2)CC1. The van der Waals surface area contributed by atoms with E-state index in [9.17, 15) is 0 Å². The molecule has 14 heavy (non-hydrogen) atoms. The van der Waals surface area contributed by atoms with Gasteiger partial charge in [-0.15, -0.1) is 0 Å². The predicted molar refractivity (Wildman–Crippen MR) is 58.1 cm³/mol. The summed E-state index contributed by atoms with van der Waals surface area (Å²) in [6, 6.07) is 0.753. The van der Waals surface area contributed by atoms with Crippen LogP contribution in [-0.2, 0) is 0 Å². The molecule has 1 saturated heterocycles. The first-order valence-corrected chi connectivity index (χ1v) is 6.32. The predicted octanol–water partition coefficient (Wildman–Crippen LogP) is 1.74. The van der Waals surface area contributed by atoms with Crippen molar-refractivity contribution in [2.45, 2.75) is 56.5 Å². The minimum absolute atomic E-state index is 0.235. The summed E-state index contributed by atoms with van der Waals surface area (Å²) < 4.78 is 0. The molecule has 0 radical (unpaired) electrons. The number of piperidine rings is 1. The van der Waals surface area contributed by atoms with Gasteiger partial charge in [0, 0.05) is 11.6 Å². The van der Waals surface area contributed by atoms with Crippen LogP contribution in [0.2, 0.25) is 0 Å².